The van der Waals surface area contributed by atoms with Crippen LogP contribution in [0.3, 0.4) is 0 Å². The molecular formula is C44H43FN8O5. The van der Waals surface area contributed by atoms with E-state index in [1.807, 2.05) is 82.3 Å². The zero-order valence-corrected chi connectivity index (χ0v) is 31.8. The van der Waals surface area contributed by atoms with Crippen molar-refractivity contribution in [2.24, 2.45) is 0 Å². The average Bonchev–Trinajstić information content (AvgIpc) is 4.09. The van der Waals surface area contributed by atoms with E-state index in [2.05, 4.69) is 37.1 Å². The number of aromatic amines is 2. The molecule has 0 aliphatic rings. The first kappa shape index (κ1) is 39.2. The molecule has 4 aromatic carbocycles. The van der Waals surface area contributed by atoms with Crippen molar-refractivity contribution < 1.29 is 28.9 Å². The lowest BCUT2D eigenvalue weighted by Gasteiger charge is -2.09. The number of hydrogen-bond donors (Lipinski definition) is 6. The number of aryl methyl sites for hydroxylation is 2. The number of amides is 2. The van der Waals surface area contributed by atoms with Crippen molar-refractivity contribution >= 4 is 39.3 Å². The van der Waals surface area contributed by atoms with Gasteiger partial charge in [0.15, 0.2) is 0 Å². The van der Waals surface area contributed by atoms with Crippen LogP contribution in [0.4, 0.5) is 10.1 Å². The Morgan fingerprint density at radius 1 is 0.724 bits per heavy atom. The van der Waals surface area contributed by atoms with Crippen molar-refractivity contribution in [3.63, 3.8) is 0 Å². The highest BCUT2D eigenvalue weighted by Gasteiger charge is 2.18. The summed E-state index contributed by atoms with van der Waals surface area (Å²) in [4.78, 5) is 25.8. The highest BCUT2D eigenvalue weighted by molar-refractivity contribution is 6.13. The number of para-hydroxylation sites is 1. The standard InChI is InChI=1S/C23H24N4O3.C21H19FN4O2/c1-30-22-6-3-2-5-17(22)12-24-23(29)20-15-27(9-4-10-28)21-11-16(7-8-19(20)21)18-13-25-26-14-18;22-16-3-5-17(6-4-16)25-21(28)19-13-26(8-1-9-27)20-10-14(2-7-18(19)20)15-11-23-24-12-15/h2-3,5-8,11,13-15,28H,4,9-10,12H2,1H3,(H,24,29)(H,25,26);2-7,10-13,27H,1,8-9H2,(H,23,24)(H,25,28). The van der Waals surface area contributed by atoms with Crippen molar-refractivity contribution in [1.82, 2.24) is 34.8 Å². The number of benzene rings is 4. The Labute approximate surface area is 333 Å². The SMILES string of the molecule is COc1ccccc1CNC(=O)c1cn(CCCO)c2cc(-c3cn[nH]c3)ccc12.O=C(Nc1ccc(F)cc1)c1cn(CCCO)c2cc(-c3cn[nH]c3)ccc12. The number of aliphatic hydroxyl groups excluding tert-OH is 2. The third-order valence-corrected chi connectivity index (χ3v) is 9.77. The summed E-state index contributed by atoms with van der Waals surface area (Å²) in [5, 5.41) is 39.6. The van der Waals surface area contributed by atoms with Gasteiger partial charge in [-0.1, -0.05) is 42.5 Å². The van der Waals surface area contributed by atoms with Crippen molar-refractivity contribution in [3.05, 3.63) is 145 Å². The number of carbonyl (C=O) groups excluding carboxylic acids is 2. The van der Waals surface area contributed by atoms with Crippen LogP contribution in [0.25, 0.3) is 44.1 Å². The zero-order valence-electron chi connectivity index (χ0n) is 31.8. The van der Waals surface area contributed by atoms with E-state index in [9.17, 15) is 24.2 Å². The van der Waals surface area contributed by atoms with E-state index >= 15 is 0 Å². The molecule has 296 valence electrons. The molecule has 6 N–H and O–H groups in total. The lowest BCUT2D eigenvalue weighted by molar-refractivity contribution is 0.0951. The van der Waals surface area contributed by atoms with Gasteiger partial charge in [0, 0.05) is 102 Å². The number of nitrogens with one attached hydrogen (secondary N) is 4. The number of halogens is 1. The van der Waals surface area contributed by atoms with Gasteiger partial charge in [0.05, 0.1) is 30.6 Å². The molecule has 0 radical (unpaired) electrons. The number of aliphatic hydroxyl groups is 2. The van der Waals surface area contributed by atoms with Crippen molar-refractivity contribution in [2.75, 3.05) is 25.6 Å². The Morgan fingerprint density at radius 3 is 1.79 bits per heavy atom. The van der Waals surface area contributed by atoms with E-state index in [1.165, 1.54) is 24.3 Å². The second kappa shape index (κ2) is 18.3. The van der Waals surface area contributed by atoms with Crippen molar-refractivity contribution in [3.8, 4) is 28.0 Å². The van der Waals surface area contributed by atoms with Crippen molar-refractivity contribution in [1.29, 1.82) is 0 Å². The maximum absolute atomic E-state index is 13.1. The Hall–Kier alpha value is -7.03. The number of carbonyl (C=O) groups is 2. The Bertz CT molecular complexity index is 2610. The fourth-order valence-corrected chi connectivity index (χ4v) is 6.83. The van der Waals surface area contributed by atoms with Gasteiger partial charge in [-0.3, -0.25) is 19.8 Å². The van der Waals surface area contributed by atoms with Crippen LogP contribution in [0.1, 0.15) is 39.1 Å². The van der Waals surface area contributed by atoms with Crippen LogP contribution in [-0.2, 0) is 19.6 Å². The van der Waals surface area contributed by atoms with Crippen LogP contribution in [0.15, 0.2) is 122 Å². The van der Waals surface area contributed by atoms with E-state index in [-0.39, 0.29) is 30.8 Å². The molecular weight excluding hydrogens is 740 g/mol. The maximum Gasteiger partial charge on any atom is 0.257 e. The van der Waals surface area contributed by atoms with Gasteiger partial charge in [0.25, 0.3) is 11.8 Å². The van der Waals surface area contributed by atoms with E-state index in [1.54, 1.807) is 25.7 Å². The third-order valence-electron chi connectivity index (χ3n) is 9.77. The molecule has 0 spiro atoms. The molecule has 0 atom stereocenters. The van der Waals surface area contributed by atoms with Gasteiger partial charge in [-0.25, -0.2) is 4.39 Å². The monoisotopic (exact) mass is 782 g/mol. The lowest BCUT2D eigenvalue weighted by atomic mass is 10.1. The summed E-state index contributed by atoms with van der Waals surface area (Å²) in [5.41, 5.74) is 8.35. The fraction of sp³-hybridized carbons (Fsp3) is 0.182. The molecule has 0 fully saturated rings. The first-order valence-electron chi connectivity index (χ1n) is 18.8. The second-order valence-corrected chi connectivity index (χ2v) is 13.5. The molecule has 14 heteroatoms. The van der Waals surface area contributed by atoms with E-state index in [0.29, 0.717) is 49.3 Å². The van der Waals surface area contributed by atoms with E-state index in [0.717, 1.165) is 55.4 Å². The van der Waals surface area contributed by atoms with E-state index < -0.39 is 0 Å². The van der Waals surface area contributed by atoms with Crippen LogP contribution in [0, 0.1) is 5.82 Å². The molecule has 0 aliphatic carbocycles. The summed E-state index contributed by atoms with van der Waals surface area (Å²) in [5.74, 6) is -0.0292. The number of methoxy groups -OCH3 is 1. The van der Waals surface area contributed by atoms with Crippen LogP contribution in [-0.4, -0.2) is 71.9 Å². The second-order valence-electron chi connectivity index (χ2n) is 13.5. The number of anilines is 1. The maximum atomic E-state index is 13.1. The first-order chi connectivity index (χ1) is 28.4. The number of H-pyrrole nitrogens is 2. The predicted octanol–water partition coefficient (Wildman–Crippen LogP) is 7.16. The van der Waals surface area contributed by atoms with Gasteiger partial charge in [0.2, 0.25) is 0 Å². The van der Waals surface area contributed by atoms with Crippen molar-refractivity contribution in [2.45, 2.75) is 32.5 Å². The topological polar surface area (TPSA) is 175 Å². The summed E-state index contributed by atoms with van der Waals surface area (Å²) in [7, 11) is 1.62. The molecule has 4 aromatic heterocycles. The minimum absolute atomic E-state index is 0.0677. The summed E-state index contributed by atoms with van der Waals surface area (Å²) >= 11 is 0. The molecule has 0 aliphatic heterocycles. The van der Waals surface area contributed by atoms with Crippen LogP contribution in [0.5, 0.6) is 5.75 Å². The zero-order chi connectivity index (χ0) is 40.4. The normalized spacial score (nSPS) is 11.0. The molecule has 4 heterocycles. The molecule has 58 heavy (non-hydrogen) atoms. The summed E-state index contributed by atoms with van der Waals surface area (Å²) in [6, 6.07) is 25.1. The predicted molar refractivity (Wildman–Crippen MR) is 221 cm³/mol. The molecule has 8 aromatic rings. The minimum atomic E-state index is -0.356. The lowest BCUT2D eigenvalue weighted by Crippen LogP contribution is -2.22. The highest BCUT2D eigenvalue weighted by Crippen LogP contribution is 2.30. The summed E-state index contributed by atoms with van der Waals surface area (Å²) < 4.78 is 22.4. The molecule has 13 nitrogen and oxygen atoms in total. The molecule has 8 rings (SSSR count). The van der Waals surface area contributed by atoms with Gasteiger partial charge in [-0.15, -0.1) is 0 Å². The molecule has 0 saturated heterocycles. The van der Waals surface area contributed by atoms with Gasteiger partial charge < -0.3 is 34.7 Å². The summed E-state index contributed by atoms with van der Waals surface area (Å²) in [6.45, 7) is 1.75. The van der Waals surface area contributed by atoms with Gasteiger partial charge >= 0.3 is 0 Å². The smallest absolute Gasteiger partial charge is 0.257 e. The minimum Gasteiger partial charge on any atom is -0.496 e. The van der Waals surface area contributed by atoms with Gasteiger partial charge in [-0.2, -0.15) is 10.2 Å². The number of aromatic nitrogens is 6. The number of fused-ring (bicyclic) bond motifs is 2. The molecule has 0 unspecified atom stereocenters. The van der Waals surface area contributed by atoms with Crippen LogP contribution < -0.4 is 15.4 Å². The number of rotatable bonds is 14. The molecule has 0 saturated carbocycles. The number of nitrogens with zero attached hydrogens (tertiary/aromatic N) is 4. The molecule has 0 bridgehead atoms. The Morgan fingerprint density at radius 2 is 1.28 bits per heavy atom. The van der Waals surface area contributed by atoms with Gasteiger partial charge in [-0.05, 0) is 66.4 Å². The average molecular weight is 783 g/mol. The Kier molecular flexibility index (Phi) is 12.4. The molecule has 2 amide bonds. The Balaban J connectivity index is 0.000000177. The third kappa shape index (κ3) is 8.83. The van der Waals surface area contributed by atoms with Crippen LogP contribution in [0.2, 0.25) is 0 Å². The van der Waals surface area contributed by atoms with Gasteiger partial charge in [0.1, 0.15) is 11.6 Å². The van der Waals surface area contributed by atoms with Crippen LogP contribution >= 0.6 is 0 Å². The fourth-order valence-electron chi connectivity index (χ4n) is 6.83. The highest BCUT2D eigenvalue weighted by atomic mass is 19.1. The first-order valence-corrected chi connectivity index (χ1v) is 18.8. The number of ether oxygens (including phenoxy) is 1. The largest absolute Gasteiger partial charge is 0.496 e. The quantitative estimate of drug-likeness (QED) is 0.0679. The summed E-state index contributed by atoms with van der Waals surface area (Å²) in [6.07, 6.45) is 12.0. The number of hydrogen-bond acceptors (Lipinski definition) is 7. The van der Waals surface area contributed by atoms with E-state index in [4.69, 9.17) is 4.74 Å².